The van der Waals surface area contributed by atoms with Crippen molar-refractivity contribution in [2.24, 2.45) is 0 Å². The Labute approximate surface area is 225 Å². The maximum absolute atomic E-state index is 12.6. The molecule has 4 aromatic rings. The predicted molar refractivity (Wildman–Crippen MR) is 149 cm³/mol. The van der Waals surface area contributed by atoms with Crippen molar-refractivity contribution < 1.29 is 19.1 Å². The fraction of sp³-hybridized carbons (Fsp3) is 0.115. The van der Waals surface area contributed by atoms with Gasteiger partial charge in [-0.1, -0.05) is 28.1 Å². The lowest BCUT2D eigenvalue weighted by molar-refractivity contribution is -0.113. The van der Waals surface area contributed by atoms with Gasteiger partial charge < -0.3 is 20.1 Å². The van der Waals surface area contributed by atoms with Crippen molar-refractivity contribution in [2.45, 2.75) is 4.90 Å². The van der Waals surface area contributed by atoms with E-state index in [1.807, 2.05) is 41.8 Å². The molecule has 0 fully saturated rings. The Morgan fingerprint density at radius 2 is 1.67 bits per heavy atom. The summed E-state index contributed by atoms with van der Waals surface area (Å²) in [6, 6.07) is 20.1. The second-order valence-electron chi connectivity index (χ2n) is 7.43. The van der Waals surface area contributed by atoms with Gasteiger partial charge in [0.25, 0.3) is 5.91 Å². The highest BCUT2D eigenvalue weighted by Gasteiger charge is 2.12. The molecule has 0 atom stereocenters. The number of ether oxygens (including phenoxy) is 2. The summed E-state index contributed by atoms with van der Waals surface area (Å²) in [5.41, 5.74) is 2.91. The van der Waals surface area contributed by atoms with E-state index >= 15 is 0 Å². The fourth-order valence-electron chi connectivity index (χ4n) is 3.20. The first-order valence-electron chi connectivity index (χ1n) is 10.7. The van der Waals surface area contributed by atoms with Gasteiger partial charge in [-0.2, -0.15) is 0 Å². The number of carbonyl (C=O) groups is 2. The number of hydrogen-bond donors (Lipinski definition) is 2. The molecule has 0 spiro atoms. The molecule has 0 aliphatic rings. The minimum absolute atomic E-state index is 0.137. The quantitative estimate of drug-likeness (QED) is 0.216. The van der Waals surface area contributed by atoms with Gasteiger partial charge in [-0.25, -0.2) is 4.98 Å². The zero-order valence-corrected chi connectivity index (χ0v) is 22.6. The van der Waals surface area contributed by atoms with Crippen LogP contribution in [0, 0.1) is 0 Å². The van der Waals surface area contributed by atoms with Crippen LogP contribution in [0.5, 0.6) is 11.5 Å². The van der Waals surface area contributed by atoms with E-state index in [-0.39, 0.29) is 17.6 Å². The SMILES string of the molecule is COc1ccc(C(=O)Nc2ccc(SCC(=O)Nc3nc(-c4ccc(Br)cc4)cs3)cc2)cc1OC. The third-order valence-corrected chi connectivity index (χ3v) is 7.32. The number of hydrogen-bond acceptors (Lipinski definition) is 7. The van der Waals surface area contributed by atoms with Gasteiger partial charge in [-0.3, -0.25) is 9.59 Å². The van der Waals surface area contributed by atoms with Gasteiger partial charge in [-0.05, 0) is 54.6 Å². The molecule has 0 saturated carbocycles. The number of thioether (sulfide) groups is 1. The number of nitrogens with zero attached hydrogens (tertiary/aromatic N) is 1. The normalized spacial score (nSPS) is 10.5. The average molecular weight is 585 g/mol. The number of nitrogens with one attached hydrogen (secondary N) is 2. The fourth-order valence-corrected chi connectivity index (χ4v) is 4.90. The van der Waals surface area contributed by atoms with E-state index in [0.717, 1.165) is 20.6 Å². The Bertz CT molecular complexity index is 1360. The lowest BCUT2D eigenvalue weighted by atomic mass is 10.2. The van der Waals surface area contributed by atoms with Crippen LogP contribution in [0.15, 0.2) is 81.5 Å². The largest absolute Gasteiger partial charge is 0.493 e. The summed E-state index contributed by atoms with van der Waals surface area (Å²) in [4.78, 5) is 30.4. The molecule has 36 heavy (non-hydrogen) atoms. The van der Waals surface area contributed by atoms with Crippen LogP contribution in [0.2, 0.25) is 0 Å². The lowest BCUT2D eigenvalue weighted by Gasteiger charge is -2.10. The first-order chi connectivity index (χ1) is 17.4. The van der Waals surface area contributed by atoms with Gasteiger partial charge in [0, 0.05) is 31.6 Å². The van der Waals surface area contributed by atoms with E-state index in [4.69, 9.17) is 9.47 Å². The molecule has 0 radical (unpaired) electrons. The van der Waals surface area contributed by atoms with E-state index in [9.17, 15) is 9.59 Å². The molecule has 0 unspecified atom stereocenters. The Hall–Kier alpha value is -3.34. The maximum Gasteiger partial charge on any atom is 0.255 e. The summed E-state index contributed by atoms with van der Waals surface area (Å²) >= 11 is 6.21. The van der Waals surface area contributed by atoms with E-state index < -0.39 is 0 Å². The molecule has 1 aromatic heterocycles. The summed E-state index contributed by atoms with van der Waals surface area (Å²) in [5.74, 6) is 0.880. The predicted octanol–water partition coefficient (Wildman–Crippen LogP) is 6.57. The molecule has 0 aliphatic carbocycles. The van der Waals surface area contributed by atoms with Crippen molar-refractivity contribution in [2.75, 3.05) is 30.6 Å². The summed E-state index contributed by atoms with van der Waals surface area (Å²) in [6.07, 6.45) is 0. The molecule has 2 amide bonds. The van der Waals surface area contributed by atoms with Crippen LogP contribution in [-0.2, 0) is 4.79 Å². The molecule has 1 heterocycles. The molecular formula is C26H22BrN3O4S2. The Morgan fingerprint density at radius 3 is 2.36 bits per heavy atom. The van der Waals surface area contributed by atoms with Crippen LogP contribution < -0.4 is 20.1 Å². The van der Waals surface area contributed by atoms with Gasteiger partial charge in [-0.15, -0.1) is 23.1 Å². The van der Waals surface area contributed by atoms with E-state index in [0.29, 0.717) is 27.9 Å². The van der Waals surface area contributed by atoms with Crippen molar-refractivity contribution in [1.29, 1.82) is 0 Å². The van der Waals surface area contributed by atoms with Gasteiger partial charge >= 0.3 is 0 Å². The second kappa shape index (κ2) is 12.1. The Kier molecular flexibility index (Phi) is 8.63. The number of benzene rings is 3. The minimum atomic E-state index is -0.262. The van der Waals surface area contributed by atoms with Gasteiger partial charge in [0.15, 0.2) is 16.6 Å². The van der Waals surface area contributed by atoms with Crippen molar-refractivity contribution in [3.05, 3.63) is 82.1 Å². The van der Waals surface area contributed by atoms with Gasteiger partial charge in [0.1, 0.15) is 0 Å². The summed E-state index contributed by atoms with van der Waals surface area (Å²) < 4.78 is 11.5. The minimum Gasteiger partial charge on any atom is -0.493 e. The number of rotatable bonds is 9. The molecular weight excluding hydrogens is 562 g/mol. The Morgan fingerprint density at radius 1 is 0.944 bits per heavy atom. The van der Waals surface area contributed by atoms with E-state index in [2.05, 4.69) is 31.5 Å². The molecule has 0 bridgehead atoms. The van der Waals surface area contributed by atoms with Crippen LogP contribution in [0.3, 0.4) is 0 Å². The van der Waals surface area contributed by atoms with Gasteiger partial charge in [0.2, 0.25) is 5.91 Å². The molecule has 7 nitrogen and oxygen atoms in total. The molecule has 3 aromatic carbocycles. The molecule has 184 valence electrons. The first kappa shape index (κ1) is 25.7. The average Bonchev–Trinajstić information content (AvgIpc) is 3.36. The van der Waals surface area contributed by atoms with Crippen LogP contribution in [0.1, 0.15) is 10.4 Å². The highest BCUT2D eigenvalue weighted by molar-refractivity contribution is 9.10. The third kappa shape index (κ3) is 6.66. The summed E-state index contributed by atoms with van der Waals surface area (Å²) in [5, 5.41) is 8.19. The number of aromatic nitrogens is 1. The van der Waals surface area contributed by atoms with E-state index in [1.54, 1.807) is 37.4 Å². The third-order valence-electron chi connectivity index (χ3n) is 5.02. The lowest BCUT2D eigenvalue weighted by Crippen LogP contribution is -2.13. The number of thiazole rings is 1. The standard InChI is InChI=1S/C26H22BrN3O4S2/c1-33-22-12-5-17(13-23(22)34-2)25(32)28-19-8-10-20(11-9-19)35-15-24(31)30-26-29-21(14-36-26)16-3-6-18(27)7-4-16/h3-14H,15H2,1-2H3,(H,28,32)(H,29,30,31). The second-order valence-corrected chi connectivity index (χ2v) is 10.3. The molecule has 2 N–H and O–H groups in total. The van der Waals surface area contributed by atoms with Gasteiger partial charge in [0.05, 0.1) is 25.7 Å². The van der Waals surface area contributed by atoms with Crippen LogP contribution in [0.4, 0.5) is 10.8 Å². The zero-order valence-electron chi connectivity index (χ0n) is 19.4. The number of amides is 2. The van der Waals surface area contributed by atoms with Crippen molar-refractivity contribution >= 4 is 61.7 Å². The van der Waals surface area contributed by atoms with E-state index in [1.165, 1.54) is 30.2 Å². The first-order valence-corrected chi connectivity index (χ1v) is 13.4. The topological polar surface area (TPSA) is 89.5 Å². The molecule has 4 rings (SSSR count). The summed E-state index contributed by atoms with van der Waals surface area (Å²) in [6.45, 7) is 0. The van der Waals surface area contributed by atoms with Crippen LogP contribution in [-0.4, -0.2) is 36.8 Å². The number of anilines is 2. The van der Waals surface area contributed by atoms with Crippen molar-refractivity contribution in [3.8, 4) is 22.8 Å². The zero-order chi connectivity index (χ0) is 25.5. The summed E-state index contributed by atoms with van der Waals surface area (Å²) in [7, 11) is 3.06. The number of methoxy groups -OCH3 is 2. The Balaban J connectivity index is 1.28. The monoisotopic (exact) mass is 583 g/mol. The molecule has 0 aliphatic heterocycles. The maximum atomic E-state index is 12.6. The highest BCUT2D eigenvalue weighted by Crippen LogP contribution is 2.29. The van der Waals surface area contributed by atoms with Crippen LogP contribution >= 0.6 is 39.0 Å². The highest BCUT2D eigenvalue weighted by atomic mass is 79.9. The number of halogens is 1. The molecule has 0 saturated heterocycles. The molecule has 10 heteroatoms. The van der Waals surface area contributed by atoms with Crippen molar-refractivity contribution in [3.63, 3.8) is 0 Å². The van der Waals surface area contributed by atoms with Crippen LogP contribution in [0.25, 0.3) is 11.3 Å². The van der Waals surface area contributed by atoms with Crippen molar-refractivity contribution in [1.82, 2.24) is 4.98 Å². The smallest absolute Gasteiger partial charge is 0.255 e. The number of carbonyl (C=O) groups excluding carboxylic acids is 2.